The number of aliphatic hydroxyl groups excluding tert-OH is 1. The van der Waals surface area contributed by atoms with E-state index in [1.165, 1.54) is 19.3 Å². The van der Waals surface area contributed by atoms with Gasteiger partial charge in [-0.2, -0.15) is 0 Å². The Balaban J connectivity index is 0.000000595. The summed E-state index contributed by atoms with van der Waals surface area (Å²) >= 11 is 12.1. The summed E-state index contributed by atoms with van der Waals surface area (Å²) in [5.41, 5.74) is 1.30. The summed E-state index contributed by atoms with van der Waals surface area (Å²) in [5.74, 6) is 0. The molecule has 0 aromatic heterocycles. The van der Waals surface area contributed by atoms with Gasteiger partial charge in [0.2, 0.25) is 0 Å². The Morgan fingerprint density at radius 3 is 2.39 bits per heavy atom. The van der Waals surface area contributed by atoms with Crippen LogP contribution in [0.4, 0.5) is 0 Å². The third-order valence-corrected chi connectivity index (χ3v) is 5.31. The van der Waals surface area contributed by atoms with E-state index in [0.717, 1.165) is 38.0 Å². The fourth-order valence-electron chi connectivity index (χ4n) is 3.95. The lowest BCUT2D eigenvalue weighted by molar-refractivity contribution is -0.122. The topological polar surface area (TPSA) is 60.8 Å². The van der Waals surface area contributed by atoms with Gasteiger partial charge in [-0.25, -0.2) is 0 Å². The van der Waals surface area contributed by atoms with Crippen molar-refractivity contribution >= 4 is 29.7 Å². The first kappa shape index (κ1) is 18.5. The highest BCUT2D eigenvalue weighted by Gasteiger charge is 2.44. The Bertz CT molecular complexity index is 520. The van der Waals surface area contributed by atoms with Gasteiger partial charge >= 0.3 is 0 Å². The van der Waals surface area contributed by atoms with E-state index in [0.29, 0.717) is 10.0 Å². The highest BCUT2D eigenvalue weighted by molar-refractivity contribution is 6.34. The van der Waals surface area contributed by atoms with Crippen molar-refractivity contribution in [2.45, 2.75) is 44.8 Å². The van der Waals surface area contributed by atoms with Crippen LogP contribution < -0.4 is 0 Å². The number of likely N-dealkylation sites (tertiary alicyclic amines) is 1. The lowest BCUT2D eigenvalue weighted by Crippen LogP contribution is -2.46. The van der Waals surface area contributed by atoms with E-state index in [2.05, 4.69) is 4.90 Å². The zero-order valence-electron chi connectivity index (χ0n) is 13.0. The molecule has 1 spiro atoms. The van der Waals surface area contributed by atoms with E-state index in [1.54, 1.807) is 6.07 Å². The van der Waals surface area contributed by atoms with Crippen LogP contribution in [0.25, 0.3) is 0 Å². The first-order valence-electron chi connectivity index (χ1n) is 7.92. The molecule has 0 radical (unpaired) electrons. The van der Waals surface area contributed by atoms with Gasteiger partial charge in [0.05, 0.1) is 6.10 Å². The summed E-state index contributed by atoms with van der Waals surface area (Å²) in [4.78, 5) is 10.8. The smallest absolute Gasteiger partial charge is 0.290 e. The standard InChI is InChI=1S/C16H21Cl2NO.CH2O2/c17-13-7-12(8-14(18)9-13)10-19-6-2-5-16(11-19)4-1-3-15(16)20;2-1-3/h7-9,15,20H,1-6,10-11H2;1H,(H,2,3)/t15-,16-;/m1./s1. The van der Waals surface area contributed by atoms with Gasteiger partial charge in [-0.3, -0.25) is 9.69 Å². The second-order valence-electron chi connectivity index (χ2n) is 6.47. The molecule has 2 fully saturated rings. The van der Waals surface area contributed by atoms with E-state index in [-0.39, 0.29) is 18.0 Å². The molecule has 1 aromatic rings. The summed E-state index contributed by atoms with van der Waals surface area (Å²) < 4.78 is 0. The molecule has 1 heterocycles. The SMILES string of the molecule is O=CO.O[C@@H]1CCC[C@]12CCCN(Cc1cc(Cl)cc(Cl)c1)C2. The first-order chi connectivity index (χ1) is 11.0. The van der Waals surface area contributed by atoms with Crippen molar-refractivity contribution in [3.63, 3.8) is 0 Å². The molecule has 1 aliphatic heterocycles. The van der Waals surface area contributed by atoms with E-state index < -0.39 is 0 Å². The van der Waals surface area contributed by atoms with Crippen molar-refractivity contribution < 1.29 is 15.0 Å². The van der Waals surface area contributed by atoms with Crippen LogP contribution in [0.3, 0.4) is 0 Å². The molecule has 4 nitrogen and oxygen atoms in total. The molecule has 1 saturated carbocycles. The first-order valence-corrected chi connectivity index (χ1v) is 8.68. The molecule has 3 rings (SSSR count). The summed E-state index contributed by atoms with van der Waals surface area (Å²) in [6.07, 6.45) is 5.52. The maximum absolute atomic E-state index is 10.3. The van der Waals surface area contributed by atoms with E-state index in [4.69, 9.17) is 33.1 Å². The molecular weight excluding hydrogens is 337 g/mol. The second kappa shape index (κ2) is 8.34. The third-order valence-electron chi connectivity index (χ3n) is 4.88. The molecule has 2 N–H and O–H groups in total. The third kappa shape index (κ3) is 4.83. The van der Waals surface area contributed by atoms with Gasteiger partial charge in [-0.05, 0) is 56.0 Å². The largest absolute Gasteiger partial charge is 0.483 e. The van der Waals surface area contributed by atoms with E-state index >= 15 is 0 Å². The Kier molecular flexibility index (Phi) is 6.72. The minimum absolute atomic E-state index is 0.117. The van der Waals surface area contributed by atoms with Gasteiger partial charge in [0.15, 0.2) is 0 Å². The zero-order valence-corrected chi connectivity index (χ0v) is 14.6. The van der Waals surface area contributed by atoms with Crippen molar-refractivity contribution in [1.82, 2.24) is 4.90 Å². The fourth-order valence-corrected chi connectivity index (χ4v) is 4.52. The van der Waals surface area contributed by atoms with Gasteiger partial charge in [0.25, 0.3) is 6.47 Å². The predicted molar refractivity (Wildman–Crippen MR) is 92.0 cm³/mol. The molecule has 0 amide bonds. The van der Waals surface area contributed by atoms with Crippen molar-refractivity contribution in [1.29, 1.82) is 0 Å². The van der Waals surface area contributed by atoms with Crippen molar-refractivity contribution in [3.05, 3.63) is 33.8 Å². The van der Waals surface area contributed by atoms with Crippen LogP contribution in [0.15, 0.2) is 18.2 Å². The number of aliphatic hydroxyl groups is 1. The fraction of sp³-hybridized carbons (Fsp3) is 0.588. The molecule has 2 atom stereocenters. The summed E-state index contributed by atoms with van der Waals surface area (Å²) in [5, 5.41) is 18.6. The minimum Gasteiger partial charge on any atom is -0.483 e. The predicted octanol–water partition coefficient (Wildman–Crippen LogP) is 3.82. The molecule has 6 heteroatoms. The summed E-state index contributed by atoms with van der Waals surface area (Å²) in [6, 6.07) is 5.74. The number of hydrogen-bond acceptors (Lipinski definition) is 3. The lowest BCUT2D eigenvalue weighted by atomic mass is 9.76. The molecule has 1 saturated heterocycles. The number of benzene rings is 1. The van der Waals surface area contributed by atoms with Gasteiger partial charge in [0, 0.05) is 28.5 Å². The molecule has 128 valence electrons. The average Bonchev–Trinajstić information content (AvgIpc) is 2.79. The quantitative estimate of drug-likeness (QED) is 0.787. The molecule has 2 aliphatic rings. The van der Waals surface area contributed by atoms with Crippen LogP contribution >= 0.6 is 23.2 Å². The van der Waals surface area contributed by atoms with Gasteiger partial charge in [-0.15, -0.1) is 0 Å². The second-order valence-corrected chi connectivity index (χ2v) is 7.34. The van der Waals surface area contributed by atoms with Crippen LogP contribution in [0.1, 0.15) is 37.7 Å². The van der Waals surface area contributed by atoms with Crippen LogP contribution in [0, 0.1) is 5.41 Å². The van der Waals surface area contributed by atoms with Crippen molar-refractivity contribution in [2.24, 2.45) is 5.41 Å². The summed E-state index contributed by atoms with van der Waals surface area (Å²) in [6.45, 7) is 2.71. The number of piperidine rings is 1. The van der Waals surface area contributed by atoms with E-state index in [1.807, 2.05) is 12.1 Å². The highest BCUT2D eigenvalue weighted by Crippen LogP contribution is 2.45. The molecule has 23 heavy (non-hydrogen) atoms. The molecule has 1 aromatic carbocycles. The van der Waals surface area contributed by atoms with Crippen LogP contribution in [-0.4, -0.2) is 40.8 Å². The van der Waals surface area contributed by atoms with Gasteiger partial charge in [0.1, 0.15) is 0 Å². The number of nitrogens with zero attached hydrogens (tertiary/aromatic N) is 1. The minimum atomic E-state index is -0.250. The van der Waals surface area contributed by atoms with Gasteiger partial charge < -0.3 is 10.2 Å². The average molecular weight is 360 g/mol. The Morgan fingerprint density at radius 2 is 1.83 bits per heavy atom. The number of halogens is 2. The monoisotopic (exact) mass is 359 g/mol. The van der Waals surface area contributed by atoms with Crippen LogP contribution in [-0.2, 0) is 11.3 Å². The molecule has 0 bridgehead atoms. The van der Waals surface area contributed by atoms with Gasteiger partial charge in [-0.1, -0.05) is 29.6 Å². The number of rotatable bonds is 2. The van der Waals surface area contributed by atoms with Crippen molar-refractivity contribution in [2.75, 3.05) is 13.1 Å². The Hall–Kier alpha value is -0.810. The Morgan fingerprint density at radius 1 is 1.22 bits per heavy atom. The molecule has 1 aliphatic carbocycles. The number of hydrogen-bond donors (Lipinski definition) is 2. The normalized spacial score (nSPS) is 27.5. The highest BCUT2D eigenvalue weighted by atomic mass is 35.5. The molecule has 0 unspecified atom stereocenters. The summed E-state index contributed by atoms with van der Waals surface area (Å²) in [7, 11) is 0. The zero-order chi connectivity index (χ0) is 16.9. The number of carboxylic acid groups (broad SMARTS) is 1. The maximum Gasteiger partial charge on any atom is 0.290 e. The van der Waals surface area contributed by atoms with Crippen LogP contribution in [0.5, 0.6) is 0 Å². The Labute approximate surface area is 147 Å². The van der Waals surface area contributed by atoms with Crippen molar-refractivity contribution in [3.8, 4) is 0 Å². The maximum atomic E-state index is 10.3. The van der Waals surface area contributed by atoms with Crippen LogP contribution in [0.2, 0.25) is 10.0 Å². The number of carbonyl (C=O) groups is 1. The lowest BCUT2D eigenvalue weighted by Gasteiger charge is -2.42. The molecular formula is C17H23Cl2NO3. The van der Waals surface area contributed by atoms with E-state index in [9.17, 15) is 5.11 Å².